The van der Waals surface area contributed by atoms with Gasteiger partial charge in [0.15, 0.2) is 5.13 Å². The largest absolute Gasteiger partial charge is 0.472 e. The minimum absolute atomic E-state index is 0.234. The van der Waals surface area contributed by atoms with Crippen molar-refractivity contribution >= 4 is 26.7 Å². The Kier molecular flexibility index (Phi) is 2.53. The van der Waals surface area contributed by atoms with Crippen LogP contribution >= 0.6 is 11.3 Å². The molecule has 0 saturated carbocycles. The van der Waals surface area contributed by atoms with Gasteiger partial charge in [0.2, 0.25) is 0 Å². The second-order valence-electron chi connectivity index (χ2n) is 3.62. The number of fused-ring (bicyclic) bond motifs is 1. The lowest BCUT2D eigenvalue weighted by Gasteiger charge is -1.97. The van der Waals surface area contributed by atoms with Crippen molar-refractivity contribution in [1.29, 1.82) is 0 Å². The number of halogens is 1. The van der Waals surface area contributed by atoms with Crippen LogP contribution in [0.2, 0.25) is 0 Å². The van der Waals surface area contributed by atoms with Gasteiger partial charge in [0.25, 0.3) is 0 Å². The lowest BCUT2D eigenvalue weighted by molar-refractivity contribution is 0.564. The lowest BCUT2D eigenvalue weighted by Crippen LogP contribution is -1.96. The number of hydrogen-bond acceptors (Lipinski definition) is 4. The first kappa shape index (κ1) is 10.3. The second kappa shape index (κ2) is 4.18. The van der Waals surface area contributed by atoms with Gasteiger partial charge in [-0.2, -0.15) is 0 Å². The van der Waals surface area contributed by atoms with Crippen LogP contribution in [0.3, 0.4) is 0 Å². The van der Waals surface area contributed by atoms with Crippen LogP contribution in [0, 0.1) is 5.82 Å². The van der Waals surface area contributed by atoms with Crippen molar-refractivity contribution < 1.29 is 8.81 Å². The molecule has 17 heavy (non-hydrogen) atoms. The van der Waals surface area contributed by atoms with Crippen LogP contribution in [-0.2, 0) is 6.54 Å². The minimum atomic E-state index is -0.234. The van der Waals surface area contributed by atoms with Crippen molar-refractivity contribution in [3.8, 4) is 0 Å². The SMILES string of the molecule is Fc1ccc2nc(NCc3ccoc3)sc2c1. The molecule has 0 spiro atoms. The van der Waals surface area contributed by atoms with E-state index in [1.807, 2.05) is 6.07 Å². The quantitative estimate of drug-likeness (QED) is 0.769. The maximum absolute atomic E-state index is 13.0. The van der Waals surface area contributed by atoms with Crippen molar-refractivity contribution in [3.63, 3.8) is 0 Å². The third kappa shape index (κ3) is 2.14. The Morgan fingerprint density at radius 3 is 3.12 bits per heavy atom. The van der Waals surface area contributed by atoms with E-state index in [0.717, 1.165) is 20.9 Å². The monoisotopic (exact) mass is 248 g/mol. The number of benzene rings is 1. The van der Waals surface area contributed by atoms with Gasteiger partial charge >= 0.3 is 0 Å². The maximum atomic E-state index is 13.0. The summed E-state index contributed by atoms with van der Waals surface area (Å²) in [7, 11) is 0. The topological polar surface area (TPSA) is 38.1 Å². The van der Waals surface area contributed by atoms with Crippen LogP contribution in [0.4, 0.5) is 9.52 Å². The number of furan rings is 1. The van der Waals surface area contributed by atoms with Crippen LogP contribution in [0.5, 0.6) is 0 Å². The predicted octanol–water partition coefficient (Wildman–Crippen LogP) is 3.64. The Hall–Kier alpha value is -1.88. The van der Waals surface area contributed by atoms with Gasteiger partial charge in [-0.3, -0.25) is 0 Å². The predicted molar refractivity (Wildman–Crippen MR) is 65.6 cm³/mol. The first-order valence-electron chi connectivity index (χ1n) is 5.12. The summed E-state index contributed by atoms with van der Waals surface area (Å²) in [4.78, 5) is 4.36. The van der Waals surface area contributed by atoms with Crippen LogP contribution in [-0.4, -0.2) is 4.98 Å². The van der Waals surface area contributed by atoms with Crippen molar-refractivity contribution in [1.82, 2.24) is 4.98 Å². The molecule has 86 valence electrons. The van der Waals surface area contributed by atoms with Crippen molar-refractivity contribution in [3.05, 3.63) is 48.2 Å². The Labute approximate surface area is 101 Å². The van der Waals surface area contributed by atoms with Gasteiger partial charge in [-0.25, -0.2) is 9.37 Å². The molecule has 1 N–H and O–H groups in total. The first-order valence-corrected chi connectivity index (χ1v) is 5.94. The zero-order valence-electron chi connectivity index (χ0n) is 8.81. The van der Waals surface area contributed by atoms with E-state index in [0.29, 0.717) is 6.54 Å². The van der Waals surface area contributed by atoms with Crippen LogP contribution in [0.25, 0.3) is 10.2 Å². The zero-order valence-corrected chi connectivity index (χ0v) is 9.63. The summed E-state index contributed by atoms with van der Waals surface area (Å²) in [5.41, 5.74) is 1.86. The summed E-state index contributed by atoms with van der Waals surface area (Å²) < 4.78 is 18.8. The molecule has 0 atom stereocenters. The summed E-state index contributed by atoms with van der Waals surface area (Å²) in [6, 6.07) is 6.49. The number of anilines is 1. The van der Waals surface area contributed by atoms with Crippen molar-refractivity contribution in [2.45, 2.75) is 6.54 Å². The van der Waals surface area contributed by atoms with Crippen molar-refractivity contribution in [2.75, 3.05) is 5.32 Å². The molecule has 0 aliphatic rings. The van der Waals surface area contributed by atoms with E-state index >= 15 is 0 Å². The average molecular weight is 248 g/mol. The maximum Gasteiger partial charge on any atom is 0.184 e. The minimum Gasteiger partial charge on any atom is -0.472 e. The molecular weight excluding hydrogens is 239 g/mol. The second-order valence-corrected chi connectivity index (χ2v) is 4.65. The summed E-state index contributed by atoms with van der Waals surface area (Å²) in [6.07, 6.45) is 3.31. The van der Waals surface area contributed by atoms with E-state index in [2.05, 4.69) is 10.3 Å². The van der Waals surface area contributed by atoms with Crippen molar-refractivity contribution in [2.24, 2.45) is 0 Å². The Morgan fingerprint density at radius 1 is 1.35 bits per heavy atom. The highest BCUT2D eigenvalue weighted by molar-refractivity contribution is 7.22. The molecule has 0 fully saturated rings. The smallest absolute Gasteiger partial charge is 0.184 e. The summed E-state index contributed by atoms with van der Waals surface area (Å²) in [5.74, 6) is -0.234. The van der Waals surface area contributed by atoms with E-state index < -0.39 is 0 Å². The number of thiazole rings is 1. The Balaban J connectivity index is 1.81. The molecule has 0 bridgehead atoms. The molecule has 0 aliphatic carbocycles. The summed E-state index contributed by atoms with van der Waals surface area (Å²) in [5, 5.41) is 3.96. The van der Waals surface area contributed by atoms with Gasteiger partial charge in [-0.05, 0) is 24.3 Å². The number of aromatic nitrogens is 1. The molecule has 5 heteroatoms. The molecule has 3 aromatic rings. The lowest BCUT2D eigenvalue weighted by atomic mass is 10.3. The first-order chi connectivity index (χ1) is 8.31. The van der Waals surface area contributed by atoms with Gasteiger partial charge in [-0.1, -0.05) is 11.3 Å². The Morgan fingerprint density at radius 2 is 2.29 bits per heavy atom. The molecule has 2 heterocycles. The van der Waals surface area contributed by atoms with Gasteiger partial charge in [0.05, 0.1) is 22.7 Å². The zero-order chi connectivity index (χ0) is 11.7. The fourth-order valence-corrected chi connectivity index (χ4v) is 2.43. The van der Waals surface area contributed by atoms with Gasteiger partial charge in [0, 0.05) is 12.1 Å². The molecule has 0 unspecified atom stereocenters. The van der Waals surface area contributed by atoms with Gasteiger partial charge in [0.1, 0.15) is 5.82 Å². The number of hydrogen-bond donors (Lipinski definition) is 1. The number of nitrogens with one attached hydrogen (secondary N) is 1. The molecule has 0 amide bonds. The third-order valence-corrected chi connectivity index (χ3v) is 3.35. The highest BCUT2D eigenvalue weighted by atomic mass is 32.1. The molecule has 2 aromatic heterocycles. The van der Waals surface area contributed by atoms with Crippen LogP contribution in [0.15, 0.2) is 41.2 Å². The van der Waals surface area contributed by atoms with Gasteiger partial charge in [-0.15, -0.1) is 0 Å². The Bertz CT molecular complexity index is 633. The third-order valence-electron chi connectivity index (χ3n) is 2.37. The van der Waals surface area contributed by atoms with E-state index in [-0.39, 0.29) is 5.82 Å². The molecule has 0 saturated heterocycles. The highest BCUT2D eigenvalue weighted by Gasteiger charge is 2.04. The molecular formula is C12H9FN2OS. The molecule has 0 radical (unpaired) electrons. The molecule has 3 rings (SSSR count). The van der Waals surface area contributed by atoms with Crippen LogP contribution < -0.4 is 5.32 Å². The van der Waals surface area contributed by atoms with Gasteiger partial charge < -0.3 is 9.73 Å². The van der Waals surface area contributed by atoms with E-state index in [4.69, 9.17) is 4.42 Å². The number of nitrogens with zero attached hydrogens (tertiary/aromatic N) is 1. The average Bonchev–Trinajstić information content (AvgIpc) is 2.94. The van der Waals surface area contributed by atoms with E-state index in [9.17, 15) is 4.39 Å². The van der Waals surface area contributed by atoms with Crippen LogP contribution in [0.1, 0.15) is 5.56 Å². The number of rotatable bonds is 3. The van der Waals surface area contributed by atoms with E-state index in [1.165, 1.54) is 23.5 Å². The van der Waals surface area contributed by atoms with E-state index in [1.54, 1.807) is 18.6 Å². The molecule has 0 aliphatic heterocycles. The molecule has 3 nitrogen and oxygen atoms in total. The fourth-order valence-electron chi connectivity index (χ4n) is 1.54. The summed E-state index contributed by atoms with van der Waals surface area (Å²) in [6.45, 7) is 0.652. The fraction of sp³-hybridized carbons (Fsp3) is 0.0833. The standard InChI is InChI=1S/C12H9FN2OS/c13-9-1-2-10-11(5-9)17-12(15-10)14-6-8-3-4-16-7-8/h1-5,7H,6H2,(H,14,15). The highest BCUT2D eigenvalue weighted by Crippen LogP contribution is 2.26. The summed E-state index contributed by atoms with van der Waals surface area (Å²) >= 11 is 1.44. The molecule has 1 aromatic carbocycles. The normalized spacial score (nSPS) is 10.9.